The third-order valence-electron chi connectivity index (χ3n) is 1.96. The maximum absolute atomic E-state index is 11.0. The molecule has 0 bridgehead atoms. The van der Waals surface area contributed by atoms with Crippen molar-refractivity contribution < 1.29 is 9.53 Å². The predicted octanol–water partition coefficient (Wildman–Crippen LogP) is 2.07. The van der Waals surface area contributed by atoms with Crippen LogP contribution in [0.25, 0.3) is 0 Å². The second-order valence-electron chi connectivity index (χ2n) is 3.27. The van der Waals surface area contributed by atoms with Crippen LogP contribution in [0.5, 0.6) is 0 Å². The summed E-state index contributed by atoms with van der Waals surface area (Å²) in [5, 5.41) is 0.718. The van der Waals surface area contributed by atoms with Crippen LogP contribution in [-0.4, -0.2) is 24.9 Å². The van der Waals surface area contributed by atoms with Crippen molar-refractivity contribution >= 4 is 29.3 Å². The van der Waals surface area contributed by atoms with E-state index < -0.39 is 6.04 Å². The Labute approximate surface area is 104 Å². The number of rotatable bonds is 5. The highest BCUT2D eigenvalue weighted by molar-refractivity contribution is 7.98. The van der Waals surface area contributed by atoms with E-state index >= 15 is 0 Å². The first kappa shape index (κ1) is 13.4. The number of carbonyl (C=O) groups excluding carboxylic acids is 1. The topological polar surface area (TPSA) is 52.3 Å². The van der Waals surface area contributed by atoms with Crippen molar-refractivity contribution in [2.75, 3.05) is 12.9 Å². The molecule has 0 spiro atoms. The summed E-state index contributed by atoms with van der Waals surface area (Å²) >= 11 is 7.43. The van der Waals surface area contributed by atoms with Crippen LogP contribution in [0, 0.1) is 0 Å². The number of hydrogen-bond acceptors (Lipinski definition) is 4. The van der Waals surface area contributed by atoms with Gasteiger partial charge in [0.25, 0.3) is 0 Å². The normalized spacial score (nSPS) is 12.2. The number of methoxy groups -OCH3 is 1. The number of benzene rings is 1. The molecule has 5 heteroatoms. The quantitative estimate of drug-likeness (QED) is 0.823. The average molecular weight is 260 g/mol. The van der Waals surface area contributed by atoms with Crippen molar-refractivity contribution in [2.45, 2.75) is 11.8 Å². The van der Waals surface area contributed by atoms with Gasteiger partial charge in [-0.3, -0.25) is 4.79 Å². The molecule has 0 saturated heterocycles. The van der Waals surface area contributed by atoms with Crippen molar-refractivity contribution in [2.24, 2.45) is 5.73 Å². The maximum atomic E-state index is 11.0. The summed E-state index contributed by atoms with van der Waals surface area (Å²) in [6, 6.07) is 7.06. The SMILES string of the molecule is COC(=O)C(N)CSCc1cccc(Cl)c1. The van der Waals surface area contributed by atoms with Gasteiger partial charge in [-0.2, -0.15) is 11.8 Å². The maximum Gasteiger partial charge on any atom is 0.323 e. The number of nitrogens with two attached hydrogens (primary N) is 1. The first-order valence-corrected chi connectivity index (χ1v) is 6.32. The van der Waals surface area contributed by atoms with Crippen LogP contribution >= 0.6 is 23.4 Å². The molecule has 0 aliphatic rings. The number of esters is 1. The van der Waals surface area contributed by atoms with E-state index in [1.54, 1.807) is 11.8 Å². The van der Waals surface area contributed by atoms with Gasteiger partial charge in [-0.1, -0.05) is 23.7 Å². The second-order valence-corrected chi connectivity index (χ2v) is 4.74. The number of hydrogen-bond donors (Lipinski definition) is 1. The van der Waals surface area contributed by atoms with E-state index in [-0.39, 0.29) is 5.97 Å². The third-order valence-corrected chi connectivity index (χ3v) is 3.33. The Hall–Kier alpha value is -0.710. The molecule has 0 aromatic heterocycles. The molecule has 0 aliphatic carbocycles. The van der Waals surface area contributed by atoms with Gasteiger partial charge in [0.1, 0.15) is 6.04 Å². The van der Waals surface area contributed by atoms with Crippen LogP contribution < -0.4 is 5.73 Å². The molecule has 0 saturated carbocycles. The summed E-state index contributed by atoms with van der Waals surface area (Å²) in [6.07, 6.45) is 0. The largest absolute Gasteiger partial charge is 0.468 e. The molecule has 2 N–H and O–H groups in total. The minimum atomic E-state index is -0.561. The minimum Gasteiger partial charge on any atom is -0.468 e. The Bertz CT molecular complexity index is 360. The fourth-order valence-corrected chi connectivity index (χ4v) is 2.29. The summed E-state index contributed by atoms with van der Waals surface area (Å²) in [7, 11) is 1.34. The van der Waals surface area contributed by atoms with Crippen molar-refractivity contribution in [1.82, 2.24) is 0 Å². The molecule has 1 rings (SSSR count). The van der Waals surface area contributed by atoms with Crippen molar-refractivity contribution in [3.63, 3.8) is 0 Å². The molecular formula is C11H14ClNO2S. The van der Waals surface area contributed by atoms with E-state index in [4.69, 9.17) is 17.3 Å². The number of thioether (sulfide) groups is 1. The molecule has 88 valence electrons. The van der Waals surface area contributed by atoms with Gasteiger partial charge in [0.2, 0.25) is 0 Å². The van der Waals surface area contributed by atoms with Crippen LogP contribution in [0.2, 0.25) is 5.02 Å². The molecule has 1 aromatic carbocycles. The Morgan fingerprint density at radius 2 is 2.38 bits per heavy atom. The number of halogens is 1. The predicted molar refractivity (Wildman–Crippen MR) is 67.6 cm³/mol. The van der Waals surface area contributed by atoms with E-state index in [1.165, 1.54) is 7.11 Å². The van der Waals surface area contributed by atoms with Gasteiger partial charge in [0, 0.05) is 16.5 Å². The molecule has 3 nitrogen and oxygen atoms in total. The molecule has 16 heavy (non-hydrogen) atoms. The van der Waals surface area contributed by atoms with Crippen LogP contribution in [-0.2, 0) is 15.3 Å². The summed E-state index contributed by atoms with van der Waals surface area (Å²) < 4.78 is 4.54. The highest BCUT2D eigenvalue weighted by Crippen LogP contribution is 2.16. The van der Waals surface area contributed by atoms with Crippen molar-refractivity contribution in [3.05, 3.63) is 34.9 Å². The van der Waals surface area contributed by atoms with E-state index in [0.717, 1.165) is 16.3 Å². The van der Waals surface area contributed by atoms with Crippen molar-refractivity contribution in [1.29, 1.82) is 0 Å². The van der Waals surface area contributed by atoms with E-state index in [2.05, 4.69) is 4.74 Å². The van der Waals surface area contributed by atoms with Crippen LogP contribution in [0.15, 0.2) is 24.3 Å². The van der Waals surface area contributed by atoms with Crippen LogP contribution in [0.4, 0.5) is 0 Å². The van der Waals surface area contributed by atoms with Gasteiger partial charge in [0.05, 0.1) is 7.11 Å². The van der Waals surface area contributed by atoms with Gasteiger partial charge in [-0.05, 0) is 17.7 Å². The summed E-state index contributed by atoms with van der Waals surface area (Å²) in [5.41, 5.74) is 6.72. The highest BCUT2D eigenvalue weighted by Gasteiger charge is 2.12. The fraction of sp³-hybridized carbons (Fsp3) is 0.364. The van der Waals surface area contributed by atoms with E-state index in [9.17, 15) is 4.79 Å². The Morgan fingerprint density at radius 3 is 3.00 bits per heavy atom. The van der Waals surface area contributed by atoms with Crippen LogP contribution in [0.1, 0.15) is 5.56 Å². The molecule has 1 aromatic rings. The molecule has 1 atom stereocenters. The Morgan fingerprint density at radius 1 is 1.62 bits per heavy atom. The van der Waals surface area contributed by atoms with E-state index in [1.807, 2.05) is 24.3 Å². The number of carbonyl (C=O) groups is 1. The minimum absolute atomic E-state index is 0.376. The van der Waals surface area contributed by atoms with Crippen LogP contribution in [0.3, 0.4) is 0 Å². The highest BCUT2D eigenvalue weighted by atomic mass is 35.5. The lowest BCUT2D eigenvalue weighted by atomic mass is 10.2. The van der Waals surface area contributed by atoms with Crippen molar-refractivity contribution in [3.8, 4) is 0 Å². The number of ether oxygens (including phenoxy) is 1. The second kappa shape index (κ2) is 6.78. The summed E-state index contributed by atoms with van der Waals surface area (Å²) in [5.74, 6) is 0.948. The van der Waals surface area contributed by atoms with Gasteiger partial charge >= 0.3 is 5.97 Å². The van der Waals surface area contributed by atoms with Gasteiger partial charge in [0.15, 0.2) is 0 Å². The molecule has 1 unspecified atom stereocenters. The Balaban J connectivity index is 2.33. The third kappa shape index (κ3) is 4.43. The Kier molecular flexibility index (Phi) is 5.66. The summed E-state index contributed by atoms with van der Waals surface area (Å²) in [4.78, 5) is 11.0. The standard InChI is InChI=1S/C11H14ClNO2S/c1-15-11(14)10(13)7-16-6-8-3-2-4-9(12)5-8/h2-5,10H,6-7,13H2,1H3. The lowest BCUT2D eigenvalue weighted by molar-refractivity contribution is -0.141. The average Bonchev–Trinajstić information content (AvgIpc) is 2.28. The molecule has 0 aliphatic heterocycles. The lowest BCUT2D eigenvalue weighted by Gasteiger charge is -2.08. The molecule has 0 radical (unpaired) electrons. The van der Waals surface area contributed by atoms with Gasteiger partial charge in [-0.25, -0.2) is 0 Å². The summed E-state index contributed by atoms with van der Waals surface area (Å²) in [6.45, 7) is 0. The smallest absolute Gasteiger partial charge is 0.323 e. The molecular weight excluding hydrogens is 246 g/mol. The van der Waals surface area contributed by atoms with Gasteiger partial charge < -0.3 is 10.5 Å². The zero-order chi connectivity index (χ0) is 12.0. The van der Waals surface area contributed by atoms with E-state index in [0.29, 0.717) is 5.75 Å². The fourth-order valence-electron chi connectivity index (χ4n) is 1.15. The monoisotopic (exact) mass is 259 g/mol. The lowest BCUT2D eigenvalue weighted by Crippen LogP contribution is -2.33. The zero-order valence-electron chi connectivity index (χ0n) is 8.98. The molecule has 0 fully saturated rings. The van der Waals surface area contributed by atoms with Gasteiger partial charge in [-0.15, -0.1) is 0 Å². The molecule has 0 heterocycles. The molecule has 0 amide bonds. The first-order chi connectivity index (χ1) is 7.63. The zero-order valence-corrected chi connectivity index (χ0v) is 10.6. The first-order valence-electron chi connectivity index (χ1n) is 4.79.